The van der Waals surface area contributed by atoms with Crippen LogP contribution in [0.1, 0.15) is 0 Å². The molecule has 0 aliphatic carbocycles. The number of thioether (sulfide) groups is 1. The quantitative estimate of drug-likeness (QED) is 0.378. The monoisotopic (exact) mass is 321 g/mol. The van der Waals surface area contributed by atoms with Gasteiger partial charge >= 0.3 is 0 Å². The van der Waals surface area contributed by atoms with E-state index in [0.717, 1.165) is 9.99 Å². The molecule has 0 amide bonds. The molecule has 2 aromatic rings. The van der Waals surface area contributed by atoms with Crippen LogP contribution in [0.2, 0.25) is 0 Å². The molecule has 0 radical (unpaired) electrons. The van der Waals surface area contributed by atoms with E-state index in [9.17, 15) is 0 Å². The van der Waals surface area contributed by atoms with Crippen molar-refractivity contribution < 1.29 is 0 Å². The van der Waals surface area contributed by atoms with Gasteiger partial charge in [-0.15, -0.1) is 0 Å². The lowest BCUT2D eigenvalue weighted by molar-refractivity contribution is 1.26. The first-order valence-electron chi connectivity index (χ1n) is 4.93. The molecule has 0 saturated heterocycles. The van der Waals surface area contributed by atoms with E-state index in [-0.39, 0.29) is 0 Å². The fourth-order valence-corrected chi connectivity index (χ4v) is 2.14. The molecule has 0 unspecified atom stereocenters. The van der Waals surface area contributed by atoms with Gasteiger partial charge in [-0.1, -0.05) is 11.8 Å². The average Bonchev–Trinajstić information content (AvgIpc) is 2.41. The van der Waals surface area contributed by atoms with Crippen LogP contribution in [0.15, 0.2) is 34.0 Å². The van der Waals surface area contributed by atoms with Gasteiger partial charge in [0.1, 0.15) is 11.0 Å². The van der Waals surface area contributed by atoms with Crippen molar-refractivity contribution in [3.8, 4) is 6.19 Å². The number of aliphatic imine (C=N–C) groups is 1. The first kappa shape index (κ1) is 12.8. The summed E-state index contributed by atoms with van der Waals surface area (Å²) in [6.07, 6.45) is 6.94. The number of fused-ring (bicyclic) bond motifs is 1. The lowest BCUT2D eigenvalue weighted by Gasteiger charge is -2.04. The Morgan fingerprint density at radius 3 is 2.78 bits per heavy atom. The summed E-state index contributed by atoms with van der Waals surface area (Å²) < 4.78 is 0.864. The van der Waals surface area contributed by atoms with Crippen LogP contribution in [0.3, 0.4) is 0 Å². The Balaban J connectivity index is 2.59. The SMILES string of the molecule is CSC(=Nc1ccc(Br)c2nccnc12)NC#N. The fourth-order valence-electron chi connectivity index (χ4n) is 1.38. The fraction of sp³-hybridized carbons (Fsp3) is 0.0909. The summed E-state index contributed by atoms with van der Waals surface area (Å²) in [7, 11) is 0. The number of nitriles is 1. The summed E-state index contributed by atoms with van der Waals surface area (Å²) in [6.45, 7) is 0. The molecule has 1 aromatic carbocycles. The second-order valence-corrected chi connectivity index (χ2v) is 4.83. The summed E-state index contributed by atoms with van der Waals surface area (Å²) in [6, 6.07) is 3.69. The number of halogens is 1. The highest BCUT2D eigenvalue weighted by molar-refractivity contribution is 9.10. The van der Waals surface area contributed by atoms with E-state index in [0.29, 0.717) is 16.4 Å². The third-order valence-corrected chi connectivity index (χ3v) is 3.35. The maximum atomic E-state index is 8.61. The van der Waals surface area contributed by atoms with Crippen LogP contribution in [0, 0.1) is 11.5 Å². The van der Waals surface area contributed by atoms with E-state index in [1.165, 1.54) is 11.8 Å². The van der Waals surface area contributed by atoms with Gasteiger partial charge in [0.2, 0.25) is 0 Å². The molecule has 0 atom stereocenters. The molecular weight excluding hydrogens is 314 g/mol. The molecule has 1 heterocycles. The Morgan fingerprint density at radius 2 is 2.11 bits per heavy atom. The first-order chi connectivity index (χ1) is 8.76. The van der Waals surface area contributed by atoms with Crippen LogP contribution in [-0.4, -0.2) is 21.4 Å². The number of nitrogens with one attached hydrogen (secondary N) is 1. The van der Waals surface area contributed by atoms with Crippen molar-refractivity contribution in [2.45, 2.75) is 0 Å². The topological polar surface area (TPSA) is 74.0 Å². The van der Waals surface area contributed by atoms with Crippen LogP contribution in [0.5, 0.6) is 0 Å². The minimum Gasteiger partial charge on any atom is -0.271 e. The number of nitrogens with zero attached hydrogens (tertiary/aromatic N) is 4. The van der Waals surface area contributed by atoms with Crippen LogP contribution in [-0.2, 0) is 0 Å². The molecule has 0 saturated carbocycles. The summed E-state index contributed by atoms with van der Waals surface area (Å²) >= 11 is 4.78. The van der Waals surface area contributed by atoms with Crippen molar-refractivity contribution in [3.63, 3.8) is 0 Å². The summed E-state index contributed by atoms with van der Waals surface area (Å²) in [5.41, 5.74) is 2.11. The minimum absolute atomic E-state index is 0.520. The molecule has 0 spiro atoms. The number of hydrogen-bond acceptors (Lipinski definition) is 5. The number of rotatable bonds is 1. The predicted octanol–water partition coefficient (Wildman–Crippen LogP) is 2.81. The van der Waals surface area contributed by atoms with Gasteiger partial charge < -0.3 is 0 Å². The van der Waals surface area contributed by atoms with Gasteiger partial charge in [-0.2, -0.15) is 5.26 Å². The molecule has 90 valence electrons. The number of hydrogen-bond donors (Lipinski definition) is 1. The zero-order valence-electron chi connectivity index (χ0n) is 9.38. The molecule has 18 heavy (non-hydrogen) atoms. The molecule has 7 heteroatoms. The van der Waals surface area contributed by atoms with Gasteiger partial charge in [0.25, 0.3) is 0 Å². The van der Waals surface area contributed by atoms with Gasteiger partial charge in [-0.3, -0.25) is 15.3 Å². The van der Waals surface area contributed by atoms with Crippen molar-refractivity contribution in [3.05, 3.63) is 29.0 Å². The Kier molecular flexibility index (Phi) is 4.12. The van der Waals surface area contributed by atoms with E-state index in [2.05, 4.69) is 36.2 Å². The third-order valence-electron chi connectivity index (χ3n) is 2.13. The Labute approximate surface area is 116 Å². The van der Waals surface area contributed by atoms with E-state index in [4.69, 9.17) is 5.26 Å². The van der Waals surface area contributed by atoms with Crippen molar-refractivity contribution in [1.29, 1.82) is 5.26 Å². The van der Waals surface area contributed by atoms with E-state index in [1.54, 1.807) is 12.4 Å². The standard InChI is InChI=1S/C11H8BrN5S/c1-18-11(16-6-13)17-8-3-2-7(12)9-10(8)15-5-4-14-9/h2-5H,1H3,(H,16,17). The Bertz CT molecular complexity index is 649. The first-order valence-corrected chi connectivity index (χ1v) is 6.95. The Morgan fingerprint density at radius 1 is 1.39 bits per heavy atom. The normalized spacial score (nSPS) is 11.3. The van der Waals surface area contributed by atoms with Crippen LogP contribution >= 0.6 is 27.7 Å². The maximum absolute atomic E-state index is 8.61. The molecule has 1 aromatic heterocycles. The van der Waals surface area contributed by atoms with E-state index < -0.39 is 0 Å². The molecule has 0 aliphatic heterocycles. The van der Waals surface area contributed by atoms with Crippen molar-refractivity contribution in [2.24, 2.45) is 4.99 Å². The second kappa shape index (κ2) is 5.80. The highest BCUT2D eigenvalue weighted by Gasteiger charge is 2.07. The van der Waals surface area contributed by atoms with Gasteiger partial charge in [-0.05, 0) is 34.3 Å². The highest BCUT2D eigenvalue weighted by atomic mass is 79.9. The largest absolute Gasteiger partial charge is 0.271 e. The zero-order valence-corrected chi connectivity index (χ0v) is 11.8. The van der Waals surface area contributed by atoms with Gasteiger partial charge in [0, 0.05) is 16.9 Å². The molecule has 0 fully saturated rings. The molecule has 5 nitrogen and oxygen atoms in total. The van der Waals surface area contributed by atoms with Crippen molar-refractivity contribution in [2.75, 3.05) is 6.26 Å². The Hall–Kier alpha value is -1.65. The van der Waals surface area contributed by atoms with E-state index >= 15 is 0 Å². The number of amidine groups is 1. The van der Waals surface area contributed by atoms with E-state index in [1.807, 2.05) is 24.6 Å². The van der Waals surface area contributed by atoms with Gasteiger partial charge in [0.05, 0.1) is 5.69 Å². The summed E-state index contributed by atoms with van der Waals surface area (Å²) in [5, 5.41) is 11.7. The van der Waals surface area contributed by atoms with Gasteiger partial charge in [-0.25, -0.2) is 4.99 Å². The second-order valence-electron chi connectivity index (χ2n) is 3.18. The summed E-state index contributed by atoms with van der Waals surface area (Å²) in [4.78, 5) is 12.9. The molecule has 2 rings (SSSR count). The molecule has 1 N–H and O–H groups in total. The molecular formula is C11H8BrN5S. The minimum atomic E-state index is 0.520. The van der Waals surface area contributed by atoms with Crippen molar-refractivity contribution >= 4 is 49.6 Å². The van der Waals surface area contributed by atoms with Crippen LogP contribution < -0.4 is 5.32 Å². The van der Waals surface area contributed by atoms with Crippen LogP contribution in [0.25, 0.3) is 11.0 Å². The highest BCUT2D eigenvalue weighted by Crippen LogP contribution is 2.29. The smallest absolute Gasteiger partial charge is 0.183 e. The van der Waals surface area contributed by atoms with Crippen molar-refractivity contribution in [1.82, 2.24) is 15.3 Å². The zero-order chi connectivity index (χ0) is 13.0. The third kappa shape index (κ3) is 2.60. The molecule has 0 aliphatic rings. The number of aromatic nitrogens is 2. The van der Waals surface area contributed by atoms with Gasteiger partial charge in [0.15, 0.2) is 11.4 Å². The average molecular weight is 322 g/mol. The maximum Gasteiger partial charge on any atom is 0.183 e. The summed E-state index contributed by atoms with van der Waals surface area (Å²) in [5.74, 6) is 0. The van der Waals surface area contributed by atoms with Crippen LogP contribution in [0.4, 0.5) is 5.69 Å². The predicted molar refractivity (Wildman–Crippen MR) is 76.6 cm³/mol. The lowest BCUT2D eigenvalue weighted by atomic mass is 10.2. The molecule has 0 bridgehead atoms. The lowest BCUT2D eigenvalue weighted by Crippen LogP contribution is -2.12. The number of benzene rings is 1.